The van der Waals surface area contributed by atoms with Crippen molar-refractivity contribution in [1.29, 1.82) is 0 Å². The predicted molar refractivity (Wildman–Crippen MR) is 69.5 cm³/mol. The molecule has 0 amide bonds. The molecule has 0 heterocycles. The van der Waals surface area contributed by atoms with Gasteiger partial charge < -0.3 is 10.4 Å². The van der Waals surface area contributed by atoms with E-state index in [9.17, 15) is 0 Å². The van der Waals surface area contributed by atoms with Gasteiger partial charge in [0.2, 0.25) is 0 Å². The lowest BCUT2D eigenvalue weighted by Gasteiger charge is -2.27. The van der Waals surface area contributed by atoms with Gasteiger partial charge >= 0.3 is 0 Å². The average molecular weight is 227 g/mol. The summed E-state index contributed by atoms with van der Waals surface area (Å²) in [6, 6.07) is 0. The van der Waals surface area contributed by atoms with Crippen LogP contribution < -0.4 is 5.32 Å². The first kappa shape index (κ1) is 14.0. The zero-order valence-electron chi connectivity index (χ0n) is 11.1. The number of hydrogen-bond donors (Lipinski definition) is 2. The third kappa shape index (κ3) is 5.86. The van der Waals surface area contributed by atoms with Crippen molar-refractivity contribution in [2.75, 3.05) is 19.7 Å². The van der Waals surface area contributed by atoms with Crippen LogP contribution in [0.25, 0.3) is 0 Å². The smallest absolute Gasteiger partial charge is 0.0431 e. The van der Waals surface area contributed by atoms with E-state index in [1.54, 1.807) is 0 Å². The van der Waals surface area contributed by atoms with Crippen molar-refractivity contribution in [1.82, 2.24) is 5.32 Å². The van der Waals surface area contributed by atoms with Gasteiger partial charge in [-0.3, -0.25) is 0 Å². The van der Waals surface area contributed by atoms with Crippen molar-refractivity contribution in [3.8, 4) is 0 Å². The second-order valence-corrected chi connectivity index (χ2v) is 6.13. The number of aliphatic hydroxyl groups is 1. The summed E-state index contributed by atoms with van der Waals surface area (Å²) in [5, 5.41) is 12.5. The van der Waals surface area contributed by atoms with Crippen LogP contribution in [0.3, 0.4) is 0 Å². The number of nitrogens with one attached hydrogen (secondary N) is 1. The predicted octanol–water partition coefficient (Wildman–Crippen LogP) is 2.96. The molecule has 1 rings (SSSR count). The molecule has 2 nitrogen and oxygen atoms in total. The van der Waals surface area contributed by atoms with E-state index in [0.29, 0.717) is 12.0 Å². The minimum absolute atomic E-state index is 0.325. The quantitative estimate of drug-likeness (QED) is 0.701. The van der Waals surface area contributed by atoms with Crippen molar-refractivity contribution in [3.05, 3.63) is 0 Å². The third-order valence-corrected chi connectivity index (χ3v) is 3.77. The minimum Gasteiger partial charge on any atom is -0.396 e. The molecule has 1 aliphatic rings. The van der Waals surface area contributed by atoms with Crippen molar-refractivity contribution < 1.29 is 5.11 Å². The first-order chi connectivity index (χ1) is 7.64. The molecule has 2 heteroatoms. The van der Waals surface area contributed by atoms with Gasteiger partial charge in [-0.05, 0) is 43.6 Å². The van der Waals surface area contributed by atoms with Crippen molar-refractivity contribution >= 4 is 0 Å². The SMILES string of the molecule is CC(C)(CCCO)CNCC1CCCCC1. The Morgan fingerprint density at radius 3 is 2.50 bits per heavy atom. The Morgan fingerprint density at radius 2 is 1.88 bits per heavy atom. The maximum atomic E-state index is 8.84. The van der Waals surface area contributed by atoms with Gasteiger partial charge in [0, 0.05) is 13.2 Å². The van der Waals surface area contributed by atoms with Gasteiger partial charge in [0.15, 0.2) is 0 Å². The molecule has 96 valence electrons. The lowest BCUT2D eigenvalue weighted by Crippen LogP contribution is -2.33. The zero-order chi connectivity index (χ0) is 11.9. The molecular formula is C14H29NO. The molecule has 1 fully saturated rings. The molecule has 1 aliphatic carbocycles. The Kier molecular flexibility index (Phi) is 6.37. The summed E-state index contributed by atoms with van der Waals surface area (Å²) in [6.07, 6.45) is 9.19. The summed E-state index contributed by atoms with van der Waals surface area (Å²) in [5.74, 6) is 0.919. The van der Waals surface area contributed by atoms with E-state index in [2.05, 4.69) is 19.2 Å². The number of aliphatic hydroxyl groups excluding tert-OH is 1. The van der Waals surface area contributed by atoms with E-state index < -0.39 is 0 Å². The summed E-state index contributed by atoms with van der Waals surface area (Å²) in [4.78, 5) is 0. The van der Waals surface area contributed by atoms with Crippen LogP contribution in [0, 0.1) is 11.3 Å². The highest BCUT2D eigenvalue weighted by atomic mass is 16.2. The van der Waals surface area contributed by atoms with Crippen LogP contribution >= 0.6 is 0 Å². The van der Waals surface area contributed by atoms with Crippen LogP contribution in [0.1, 0.15) is 58.8 Å². The second kappa shape index (κ2) is 7.29. The van der Waals surface area contributed by atoms with E-state index in [1.165, 1.54) is 38.6 Å². The fourth-order valence-electron chi connectivity index (χ4n) is 2.65. The summed E-state index contributed by atoms with van der Waals surface area (Å²) >= 11 is 0. The standard InChI is InChI=1S/C14H29NO/c1-14(2,9-6-10-16)12-15-11-13-7-4-3-5-8-13/h13,15-16H,3-12H2,1-2H3. The van der Waals surface area contributed by atoms with Gasteiger partial charge in [-0.2, -0.15) is 0 Å². The van der Waals surface area contributed by atoms with E-state index in [1.807, 2.05) is 0 Å². The minimum atomic E-state index is 0.325. The molecule has 0 saturated heterocycles. The molecule has 0 atom stereocenters. The van der Waals surface area contributed by atoms with E-state index >= 15 is 0 Å². The maximum Gasteiger partial charge on any atom is 0.0431 e. The van der Waals surface area contributed by atoms with Crippen molar-refractivity contribution in [2.45, 2.75) is 58.8 Å². The Bertz CT molecular complexity index is 174. The molecule has 2 N–H and O–H groups in total. The highest BCUT2D eigenvalue weighted by Crippen LogP contribution is 2.24. The Balaban J connectivity index is 2.08. The van der Waals surface area contributed by atoms with Crippen LogP contribution in [0.5, 0.6) is 0 Å². The fraction of sp³-hybridized carbons (Fsp3) is 1.00. The molecule has 0 spiro atoms. The van der Waals surface area contributed by atoms with Gasteiger partial charge in [0.25, 0.3) is 0 Å². The topological polar surface area (TPSA) is 32.3 Å². The van der Waals surface area contributed by atoms with E-state index in [0.717, 1.165) is 25.3 Å². The molecule has 0 bridgehead atoms. The summed E-state index contributed by atoms with van der Waals surface area (Å²) in [6.45, 7) is 7.19. The Morgan fingerprint density at radius 1 is 1.19 bits per heavy atom. The largest absolute Gasteiger partial charge is 0.396 e. The van der Waals surface area contributed by atoms with Gasteiger partial charge in [-0.15, -0.1) is 0 Å². The maximum absolute atomic E-state index is 8.84. The normalized spacial score (nSPS) is 18.9. The number of rotatable bonds is 7. The number of hydrogen-bond acceptors (Lipinski definition) is 2. The molecule has 0 aromatic carbocycles. The van der Waals surface area contributed by atoms with Gasteiger partial charge in [0.1, 0.15) is 0 Å². The van der Waals surface area contributed by atoms with Crippen LogP contribution in [0.15, 0.2) is 0 Å². The Labute approximate surface area is 101 Å². The van der Waals surface area contributed by atoms with Crippen molar-refractivity contribution in [2.24, 2.45) is 11.3 Å². The highest BCUT2D eigenvalue weighted by Gasteiger charge is 2.18. The molecule has 0 radical (unpaired) electrons. The summed E-state index contributed by atoms with van der Waals surface area (Å²) < 4.78 is 0. The molecule has 16 heavy (non-hydrogen) atoms. The zero-order valence-corrected chi connectivity index (χ0v) is 11.1. The van der Waals surface area contributed by atoms with Crippen LogP contribution in [0.2, 0.25) is 0 Å². The second-order valence-electron chi connectivity index (χ2n) is 6.13. The van der Waals surface area contributed by atoms with Gasteiger partial charge in [-0.1, -0.05) is 33.1 Å². The molecule has 0 aliphatic heterocycles. The first-order valence-corrected chi connectivity index (χ1v) is 6.96. The van der Waals surface area contributed by atoms with E-state index in [-0.39, 0.29) is 0 Å². The van der Waals surface area contributed by atoms with Gasteiger partial charge in [0.05, 0.1) is 0 Å². The van der Waals surface area contributed by atoms with Crippen LogP contribution in [-0.4, -0.2) is 24.8 Å². The summed E-state index contributed by atoms with van der Waals surface area (Å²) in [7, 11) is 0. The van der Waals surface area contributed by atoms with Gasteiger partial charge in [-0.25, -0.2) is 0 Å². The summed E-state index contributed by atoms with van der Waals surface area (Å²) in [5.41, 5.74) is 0.331. The lowest BCUT2D eigenvalue weighted by atomic mass is 9.86. The first-order valence-electron chi connectivity index (χ1n) is 6.96. The molecule has 1 saturated carbocycles. The Hall–Kier alpha value is -0.0800. The molecule has 0 aromatic heterocycles. The third-order valence-electron chi connectivity index (χ3n) is 3.77. The van der Waals surface area contributed by atoms with E-state index in [4.69, 9.17) is 5.11 Å². The van der Waals surface area contributed by atoms with Crippen molar-refractivity contribution in [3.63, 3.8) is 0 Å². The highest BCUT2D eigenvalue weighted by molar-refractivity contribution is 4.74. The monoisotopic (exact) mass is 227 g/mol. The molecule has 0 aromatic rings. The lowest BCUT2D eigenvalue weighted by molar-refractivity contribution is 0.231. The van der Waals surface area contributed by atoms with Crippen LogP contribution in [0.4, 0.5) is 0 Å². The van der Waals surface area contributed by atoms with Crippen LogP contribution in [-0.2, 0) is 0 Å². The molecular weight excluding hydrogens is 198 g/mol. The molecule has 0 unspecified atom stereocenters. The fourth-order valence-corrected chi connectivity index (χ4v) is 2.65. The average Bonchev–Trinajstić information content (AvgIpc) is 2.28.